The lowest BCUT2D eigenvalue weighted by molar-refractivity contribution is 0.242. The summed E-state index contributed by atoms with van der Waals surface area (Å²) in [5.41, 5.74) is 2.00. The van der Waals surface area contributed by atoms with E-state index in [9.17, 15) is 9.18 Å². The molecular weight excluding hydrogens is 267 g/mol. The Balaban J connectivity index is 2.08. The fourth-order valence-corrected chi connectivity index (χ4v) is 2.09. The molecule has 0 saturated carbocycles. The van der Waals surface area contributed by atoms with Crippen molar-refractivity contribution in [1.29, 1.82) is 0 Å². The maximum absolute atomic E-state index is 13.0. The second-order valence-corrected chi connectivity index (χ2v) is 5.53. The van der Waals surface area contributed by atoms with Crippen molar-refractivity contribution in [2.24, 2.45) is 0 Å². The van der Waals surface area contributed by atoms with E-state index in [2.05, 4.69) is 10.6 Å². The minimum Gasteiger partial charge on any atom is -0.329 e. The molecule has 2 N–H and O–H groups in total. The van der Waals surface area contributed by atoms with Crippen LogP contribution in [0.15, 0.2) is 48.5 Å². The largest absolute Gasteiger partial charge is 0.329 e. The number of urea groups is 1. The number of para-hydroxylation sites is 1. The van der Waals surface area contributed by atoms with E-state index < -0.39 is 5.54 Å². The van der Waals surface area contributed by atoms with Crippen molar-refractivity contribution < 1.29 is 9.18 Å². The molecule has 3 nitrogen and oxygen atoms in total. The predicted molar refractivity (Wildman–Crippen MR) is 82.8 cm³/mol. The van der Waals surface area contributed by atoms with Crippen LogP contribution in [0.1, 0.15) is 25.0 Å². The maximum atomic E-state index is 13.0. The average molecular weight is 286 g/mol. The van der Waals surface area contributed by atoms with Crippen LogP contribution in [-0.4, -0.2) is 6.03 Å². The summed E-state index contributed by atoms with van der Waals surface area (Å²) in [6.45, 7) is 5.68. The zero-order valence-electron chi connectivity index (χ0n) is 12.4. The van der Waals surface area contributed by atoms with E-state index in [-0.39, 0.29) is 11.8 Å². The Kier molecular flexibility index (Phi) is 4.26. The third-order valence-electron chi connectivity index (χ3n) is 3.39. The third-order valence-corrected chi connectivity index (χ3v) is 3.39. The number of aryl methyl sites for hydroxylation is 1. The molecule has 0 aliphatic rings. The van der Waals surface area contributed by atoms with Gasteiger partial charge in [0.05, 0.1) is 5.54 Å². The number of rotatable bonds is 3. The molecule has 2 aromatic rings. The van der Waals surface area contributed by atoms with E-state index in [0.717, 1.165) is 16.8 Å². The number of anilines is 1. The Morgan fingerprint density at radius 1 is 1.05 bits per heavy atom. The monoisotopic (exact) mass is 286 g/mol. The molecule has 0 saturated heterocycles. The topological polar surface area (TPSA) is 41.1 Å². The van der Waals surface area contributed by atoms with Gasteiger partial charge in [-0.15, -0.1) is 0 Å². The minimum atomic E-state index is -0.597. The number of hydrogen-bond acceptors (Lipinski definition) is 1. The lowest BCUT2D eigenvalue weighted by Gasteiger charge is -2.27. The molecule has 0 heterocycles. The first-order valence-corrected chi connectivity index (χ1v) is 6.79. The highest BCUT2D eigenvalue weighted by molar-refractivity contribution is 5.90. The highest BCUT2D eigenvalue weighted by Crippen LogP contribution is 2.21. The normalized spacial score (nSPS) is 11.0. The molecule has 0 aromatic heterocycles. The van der Waals surface area contributed by atoms with Gasteiger partial charge in [0.2, 0.25) is 0 Å². The van der Waals surface area contributed by atoms with Crippen LogP contribution in [0.3, 0.4) is 0 Å². The molecule has 21 heavy (non-hydrogen) atoms. The summed E-state index contributed by atoms with van der Waals surface area (Å²) >= 11 is 0. The summed E-state index contributed by atoms with van der Waals surface area (Å²) in [5, 5.41) is 5.72. The zero-order valence-corrected chi connectivity index (χ0v) is 12.4. The molecule has 4 heteroatoms. The van der Waals surface area contributed by atoms with Crippen LogP contribution in [-0.2, 0) is 5.54 Å². The lowest BCUT2D eigenvalue weighted by atomic mass is 9.94. The molecule has 0 radical (unpaired) electrons. The van der Waals surface area contributed by atoms with E-state index >= 15 is 0 Å². The van der Waals surface area contributed by atoms with Crippen molar-refractivity contribution >= 4 is 11.7 Å². The minimum absolute atomic E-state index is 0.293. The summed E-state index contributed by atoms with van der Waals surface area (Å²) in [5.74, 6) is -0.293. The Morgan fingerprint density at radius 2 is 1.67 bits per heavy atom. The van der Waals surface area contributed by atoms with E-state index in [4.69, 9.17) is 0 Å². The Morgan fingerprint density at radius 3 is 2.29 bits per heavy atom. The smallest absolute Gasteiger partial charge is 0.319 e. The number of carbonyl (C=O) groups excluding carboxylic acids is 1. The molecule has 0 unspecified atom stereocenters. The van der Waals surface area contributed by atoms with Crippen molar-refractivity contribution in [1.82, 2.24) is 5.32 Å². The van der Waals surface area contributed by atoms with Crippen LogP contribution in [0.2, 0.25) is 0 Å². The van der Waals surface area contributed by atoms with Gasteiger partial charge < -0.3 is 10.6 Å². The van der Waals surface area contributed by atoms with Gasteiger partial charge in [0, 0.05) is 5.69 Å². The second-order valence-electron chi connectivity index (χ2n) is 5.53. The van der Waals surface area contributed by atoms with Crippen LogP contribution >= 0.6 is 0 Å². The van der Waals surface area contributed by atoms with Gasteiger partial charge in [-0.3, -0.25) is 0 Å². The van der Waals surface area contributed by atoms with Gasteiger partial charge >= 0.3 is 6.03 Å². The van der Waals surface area contributed by atoms with Gasteiger partial charge in [-0.05, 0) is 50.1 Å². The first-order chi connectivity index (χ1) is 9.88. The average Bonchev–Trinajstić information content (AvgIpc) is 2.41. The van der Waals surface area contributed by atoms with Crippen LogP contribution in [0.5, 0.6) is 0 Å². The van der Waals surface area contributed by atoms with Crippen molar-refractivity contribution in [2.75, 3.05) is 5.32 Å². The van der Waals surface area contributed by atoms with Crippen molar-refractivity contribution in [3.8, 4) is 0 Å². The first-order valence-electron chi connectivity index (χ1n) is 6.79. The fraction of sp³-hybridized carbons (Fsp3) is 0.235. The van der Waals surface area contributed by atoms with Crippen LogP contribution in [0, 0.1) is 12.7 Å². The van der Waals surface area contributed by atoms with Crippen molar-refractivity contribution in [2.45, 2.75) is 26.3 Å². The Labute approximate surface area is 124 Å². The molecule has 0 fully saturated rings. The van der Waals surface area contributed by atoms with E-state index in [0.29, 0.717) is 0 Å². The van der Waals surface area contributed by atoms with Crippen LogP contribution < -0.4 is 10.6 Å². The molecule has 2 amide bonds. The summed E-state index contributed by atoms with van der Waals surface area (Å²) in [7, 11) is 0. The van der Waals surface area contributed by atoms with E-state index in [1.807, 2.05) is 45.0 Å². The standard InChI is InChI=1S/C17H19FN2O/c1-12-6-4-5-7-15(12)19-16(21)20-17(2,3)13-8-10-14(18)11-9-13/h4-11H,1-3H3,(H2,19,20,21). The van der Waals surface area contributed by atoms with Gasteiger partial charge in [-0.1, -0.05) is 30.3 Å². The quantitative estimate of drug-likeness (QED) is 0.872. The third kappa shape index (κ3) is 3.81. The highest BCUT2D eigenvalue weighted by Gasteiger charge is 2.23. The SMILES string of the molecule is Cc1ccccc1NC(=O)NC(C)(C)c1ccc(F)cc1. The number of nitrogens with one attached hydrogen (secondary N) is 2. The van der Waals surface area contributed by atoms with Crippen molar-refractivity contribution in [3.63, 3.8) is 0 Å². The van der Waals surface area contributed by atoms with Gasteiger partial charge in [-0.25, -0.2) is 9.18 Å². The fourth-order valence-electron chi connectivity index (χ4n) is 2.09. The molecule has 2 rings (SSSR count). The Bertz CT molecular complexity index is 635. The summed E-state index contributed by atoms with van der Waals surface area (Å²) in [4.78, 5) is 12.1. The molecule has 0 aliphatic carbocycles. The van der Waals surface area contributed by atoms with E-state index in [1.165, 1.54) is 12.1 Å². The number of halogens is 1. The highest BCUT2D eigenvalue weighted by atomic mass is 19.1. The first kappa shape index (κ1) is 15.0. The van der Waals surface area contributed by atoms with Gasteiger partial charge in [0.1, 0.15) is 5.82 Å². The molecule has 0 spiro atoms. The zero-order chi connectivity index (χ0) is 15.5. The van der Waals surface area contributed by atoms with Gasteiger partial charge in [0.25, 0.3) is 0 Å². The molecule has 0 atom stereocenters. The van der Waals surface area contributed by atoms with Gasteiger partial charge in [-0.2, -0.15) is 0 Å². The molecule has 2 aromatic carbocycles. The van der Waals surface area contributed by atoms with Crippen LogP contribution in [0.25, 0.3) is 0 Å². The summed E-state index contributed by atoms with van der Waals surface area (Å²) in [6, 6.07) is 13.4. The molecule has 110 valence electrons. The number of hydrogen-bond donors (Lipinski definition) is 2. The Hall–Kier alpha value is -2.36. The van der Waals surface area contributed by atoms with Crippen molar-refractivity contribution in [3.05, 3.63) is 65.5 Å². The second kappa shape index (κ2) is 5.95. The summed E-state index contributed by atoms with van der Waals surface area (Å²) < 4.78 is 13.0. The van der Waals surface area contributed by atoms with Crippen LogP contribution in [0.4, 0.5) is 14.9 Å². The molecule has 0 aliphatic heterocycles. The predicted octanol–water partition coefficient (Wildman–Crippen LogP) is 4.19. The number of amides is 2. The molecule has 0 bridgehead atoms. The van der Waals surface area contributed by atoms with Gasteiger partial charge in [0.15, 0.2) is 0 Å². The number of benzene rings is 2. The number of carbonyl (C=O) groups is 1. The lowest BCUT2D eigenvalue weighted by Crippen LogP contribution is -2.43. The summed E-state index contributed by atoms with van der Waals surface area (Å²) in [6.07, 6.45) is 0. The van der Waals surface area contributed by atoms with E-state index in [1.54, 1.807) is 12.1 Å². The maximum Gasteiger partial charge on any atom is 0.319 e. The molecular formula is C17H19FN2O.